The summed E-state index contributed by atoms with van der Waals surface area (Å²) < 4.78 is 13.5. The van der Waals surface area contributed by atoms with Crippen LogP contribution in [0.3, 0.4) is 0 Å². The summed E-state index contributed by atoms with van der Waals surface area (Å²) >= 11 is 0. The second-order valence-corrected chi connectivity index (χ2v) is 4.36. The van der Waals surface area contributed by atoms with Gasteiger partial charge in [-0.05, 0) is 24.3 Å². The highest BCUT2D eigenvalue weighted by Crippen LogP contribution is 2.07. The van der Waals surface area contributed by atoms with E-state index in [2.05, 4.69) is 17.2 Å². The Hall–Kier alpha value is -2.64. The van der Waals surface area contributed by atoms with Gasteiger partial charge < -0.3 is 11.1 Å². The summed E-state index contributed by atoms with van der Waals surface area (Å²) in [5.41, 5.74) is 6.96. The van der Waals surface area contributed by atoms with E-state index < -0.39 is 0 Å². The van der Waals surface area contributed by atoms with Crippen LogP contribution in [-0.4, -0.2) is 12.5 Å². The molecule has 3 N–H and O–H groups in total. The van der Waals surface area contributed by atoms with Crippen molar-refractivity contribution in [1.82, 2.24) is 5.32 Å². The van der Waals surface area contributed by atoms with Gasteiger partial charge in [0, 0.05) is 23.2 Å². The summed E-state index contributed by atoms with van der Waals surface area (Å²) in [5.74, 6) is 5.00. The monoisotopic (exact) mass is 282 g/mol. The average Bonchev–Trinajstić information content (AvgIpc) is 2.52. The van der Waals surface area contributed by atoms with Gasteiger partial charge in [0.25, 0.3) is 5.91 Å². The molecule has 0 unspecified atom stereocenters. The molecule has 2 aromatic rings. The molecular weight excluding hydrogens is 267 g/mol. The van der Waals surface area contributed by atoms with Crippen LogP contribution in [0.1, 0.15) is 21.5 Å². The third-order valence-electron chi connectivity index (χ3n) is 2.86. The zero-order valence-electron chi connectivity index (χ0n) is 11.4. The predicted octanol–water partition coefficient (Wildman–Crippen LogP) is 2.07. The smallest absolute Gasteiger partial charge is 0.251 e. The number of amides is 1. The number of carbonyl (C=O) groups excluding carboxylic acids is 1. The van der Waals surface area contributed by atoms with Gasteiger partial charge in [0.15, 0.2) is 0 Å². The Morgan fingerprint density at radius 3 is 2.76 bits per heavy atom. The van der Waals surface area contributed by atoms with Crippen molar-refractivity contribution >= 4 is 5.91 Å². The number of nitrogens with one attached hydrogen (secondary N) is 1. The lowest BCUT2D eigenvalue weighted by molar-refractivity contribution is 0.0950. The van der Waals surface area contributed by atoms with E-state index in [-0.39, 0.29) is 24.8 Å². The minimum Gasteiger partial charge on any atom is -0.348 e. The van der Waals surface area contributed by atoms with Crippen LogP contribution in [0.25, 0.3) is 0 Å². The fourth-order valence-electron chi connectivity index (χ4n) is 1.81. The van der Waals surface area contributed by atoms with E-state index in [1.807, 2.05) is 0 Å². The topological polar surface area (TPSA) is 55.1 Å². The standard InChI is InChI=1S/C17H15FN2O/c18-16-9-2-1-7-15(16)12-20-17(21)14-8-3-5-13(11-14)6-4-10-19/h1-3,5,7-9,11H,10,12,19H2,(H,20,21). The van der Waals surface area contributed by atoms with Gasteiger partial charge in [-0.3, -0.25) is 4.79 Å². The fraction of sp³-hybridized carbons (Fsp3) is 0.118. The Kier molecular flexibility index (Phi) is 5.08. The first kappa shape index (κ1) is 14.8. The van der Waals surface area contributed by atoms with Gasteiger partial charge in [-0.15, -0.1) is 0 Å². The molecule has 3 nitrogen and oxygen atoms in total. The molecule has 0 saturated carbocycles. The summed E-state index contributed by atoms with van der Waals surface area (Å²) in [5, 5.41) is 2.69. The van der Waals surface area contributed by atoms with Crippen molar-refractivity contribution in [2.75, 3.05) is 6.54 Å². The van der Waals surface area contributed by atoms with Crippen LogP contribution in [0.4, 0.5) is 4.39 Å². The molecule has 0 saturated heterocycles. The van der Waals surface area contributed by atoms with Crippen LogP contribution >= 0.6 is 0 Å². The van der Waals surface area contributed by atoms with Crippen LogP contribution in [0.2, 0.25) is 0 Å². The maximum Gasteiger partial charge on any atom is 0.251 e. The molecule has 4 heteroatoms. The lowest BCUT2D eigenvalue weighted by Crippen LogP contribution is -2.23. The summed E-state index contributed by atoms with van der Waals surface area (Å²) in [6, 6.07) is 13.3. The molecule has 0 aliphatic carbocycles. The third kappa shape index (κ3) is 4.16. The third-order valence-corrected chi connectivity index (χ3v) is 2.86. The van der Waals surface area contributed by atoms with Gasteiger partial charge in [-0.2, -0.15) is 0 Å². The quantitative estimate of drug-likeness (QED) is 0.847. The van der Waals surface area contributed by atoms with Gasteiger partial charge in [0.05, 0.1) is 6.54 Å². The van der Waals surface area contributed by atoms with Gasteiger partial charge in [0.1, 0.15) is 5.82 Å². The molecule has 0 atom stereocenters. The Bertz CT molecular complexity index is 701. The molecule has 0 radical (unpaired) electrons. The fourth-order valence-corrected chi connectivity index (χ4v) is 1.81. The lowest BCUT2D eigenvalue weighted by Gasteiger charge is -2.06. The summed E-state index contributed by atoms with van der Waals surface area (Å²) in [7, 11) is 0. The SMILES string of the molecule is NCC#Cc1cccc(C(=O)NCc2ccccc2F)c1. The van der Waals surface area contributed by atoms with Crippen molar-refractivity contribution in [2.24, 2.45) is 5.73 Å². The molecule has 2 aromatic carbocycles. The van der Waals surface area contributed by atoms with E-state index in [9.17, 15) is 9.18 Å². The van der Waals surface area contributed by atoms with Crippen molar-refractivity contribution in [1.29, 1.82) is 0 Å². The number of hydrogen-bond donors (Lipinski definition) is 2. The first-order chi connectivity index (χ1) is 10.2. The molecule has 1 amide bonds. The summed E-state index contributed by atoms with van der Waals surface area (Å²) in [6.07, 6.45) is 0. The van der Waals surface area contributed by atoms with Gasteiger partial charge >= 0.3 is 0 Å². The van der Waals surface area contributed by atoms with Crippen molar-refractivity contribution in [3.63, 3.8) is 0 Å². The zero-order chi connectivity index (χ0) is 15.1. The molecule has 0 aromatic heterocycles. The highest BCUT2D eigenvalue weighted by Gasteiger charge is 2.07. The normalized spacial score (nSPS) is 9.62. The number of carbonyl (C=O) groups is 1. The van der Waals surface area contributed by atoms with E-state index in [1.165, 1.54) is 6.07 Å². The minimum atomic E-state index is -0.333. The molecule has 0 heterocycles. The summed E-state index contributed by atoms with van der Waals surface area (Å²) in [4.78, 5) is 12.0. The van der Waals surface area contributed by atoms with E-state index in [0.29, 0.717) is 11.1 Å². The summed E-state index contributed by atoms with van der Waals surface area (Å²) in [6.45, 7) is 0.411. The van der Waals surface area contributed by atoms with Crippen LogP contribution < -0.4 is 11.1 Å². The molecule has 0 aliphatic heterocycles. The maximum atomic E-state index is 13.5. The number of rotatable bonds is 3. The number of nitrogens with two attached hydrogens (primary N) is 1. The first-order valence-corrected chi connectivity index (χ1v) is 6.51. The Labute approximate surface area is 123 Å². The highest BCUT2D eigenvalue weighted by atomic mass is 19.1. The molecular formula is C17H15FN2O. The van der Waals surface area contributed by atoms with Crippen molar-refractivity contribution in [3.8, 4) is 11.8 Å². The first-order valence-electron chi connectivity index (χ1n) is 6.51. The molecule has 106 valence electrons. The second kappa shape index (κ2) is 7.22. The highest BCUT2D eigenvalue weighted by molar-refractivity contribution is 5.94. The van der Waals surface area contributed by atoms with Crippen molar-refractivity contribution < 1.29 is 9.18 Å². The zero-order valence-corrected chi connectivity index (χ0v) is 11.4. The van der Waals surface area contributed by atoms with Gasteiger partial charge in [-0.1, -0.05) is 36.1 Å². The molecule has 21 heavy (non-hydrogen) atoms. The molecule has 0 bridgehead atoms. The van der Waals surface area contributed by atoms with Crippen LogP contribution in [0.5, 0.6) is 0 Å². The van der Waals surface area contributed by atoms with E-state index >= 15 is 0 Å². The Morgan fingerprint density at radius 2 is 2.00 bits per heavy atom. The number of hydrogen-bond acceptors (Lipinski definition) is 2. The van der Waals surface area contributed by atoms with Gasteiger partial charge in [-0.25, -0.2) is 4.39 Å². The predicted molar refractivity (Wildman–Crippen MR) is 79.9 cm³/mol. The number of benzene rings is 2. The van der Waals surface area contributed by atoms with E-state index in [1.54, 1.807) is 42.5 Å². The molecule has 0 fully saturated rings. The minimum absolute atomic E-state index is 0.143. The molecule has 0 spiro atoms. The second-order valence-electron chi connectivity index (χ2n) is 4.36. The Morgan fingerprint density at radius 1 is 1.19 bits per heavy atom. The lowest BCUT2D eigenvalue weighted by atomic mass is 10.1. The van der Waals surface area contributed by atoms with Crippen LogP contribution in [0.15, 0.2) is 48.5 Å². The van der Waals surface area contributed by atoms with E-state index in [4.69, 9.17) is 5.73 Å². The van der Waals surface area contributed by atoms with Crippen LogP contribution in [-0.2, 0) is 6.54 Å². The average molecular weight is 282 g/mol. The number of halogens is 1. The van der Waals surface area contributed by atoms with Crippen molar-refractivity contribution in [2.45, 2.75) is 6.54 Å². The van der Waals surface area contributed by atoms with Gasteiger partial charge in [0.2, 0.25) is 0 Å². The largest absolute Gasteiger partial charge is 0.348 e. The van der Waals surface area contributed by atoms with E-state index in [0.717, 1.165) is 5.56 Å². The van der Waals surface area contributed by atoms with Crippen LogP contribution in [0, 0.1) is 17.7 Å². The Balaban J connectivity index is 2.05. The maximum absolute atomic E-state index is 13.5. The van der Waals surface area contributed by atoms with Crippen molar-refractivity contribution in [3.05, 3.63) is 71.0 Å². The molecule has 0 aliphatic rings. The molecule has 2 rings (SSSR count).